The van der Waals surface area contributed by atoms with E-state index in [4.69, 9.17) is 4.74 Å². The molecule has 2 aromatic carbocycles. The number of carbonyl (C=O) groups excluding carboxylic acids is 1. The lowest BCUT2D eigenvalue weighted by atomic mass is 10.0. The molecule has 0 saturated carbocycles. The largest absolute Gasteiger partial charge is 0.507 e. The van der Waals surface area contributed by atoms with Gasteiger partial charge in [0.1, 0.15) is 12.3 Å². The summed E-state index contributed by atoms with van der Waals surface area (Å²) in [5, 5.41) is 10.0. The van der Waals surface area contributed by atoms with E-state index in [0.717, 1.165) is 5.56 Å². The summed E-state index contributed by atoms with van der Waals surface area (Å²) >= 11 is 0. The molecule has 21 heavy (non-hydrogen) atoms. The maximum absolute atomic E-state index is 11.5. The summed E-state index contributed by atoms with van der Waals surface area (Å²) in [6, 6.07) is 16.4. The van der Waals surface area contributed by atoms with Crippen molar-refractivity contribution in [3.05, 3.63) is 65.7 Å². The van der Waals surface area contributed by atoms with Crippen molar-refractivity contribution in [1.29, 1.82) is 0 Å². The van der Waals surface area contributed by atoms with Gasteiger partial charge in [0.25, 0.3) is 0 Å². The fourth-order valence-electron chi connectivity index (χ4n) is 1.95. The molecular formula is C17H17NO3. The number of ether oxygens (including phenoxy) is 1. The molecule has 2 aromatic rings. The Labute approximate surface area is 123 Å². The number of carbonyl (C=O) groups is 1. The molecule has 0 radical (unpaired) electrons. The van der Waals surface area contributed by atoms with Crippen LogP contribution < -0.4 is 0 Å². The molecule has 4 nitrogen and oxygen atoms in total. The van der Waals surface area contributed by atoms with E-state index in [9.17, 15) is 9.90 Å². The molecule has 0 spiro atoms. The van der Waals surface area contributed by atoms with Gasteiger partial charge >= 0.3 is 5.97 Å². The Kier molecular flexibility index (Phi) is 5.10. The first kappa shape index (κ1) is 14.8. The summed E-state index contributed by atoms with van der Waals surface area (Å²) in [4.78, 5) is 15.8. The first-order valence-electron chi connectivity index (χ1n) is 6.76. The zero-order valence-electron chi connectivity index (χ0n) is 11.8. The van der Waals surface area contributed by atoms with Crippen LogP contribution in [-0.4, -0.2) is 29.9 Å². The zero-order chi connectivity index (χ0) is 15.1. The van der Waals surface area contributed by atoms with Gasteiger partial charge in [-0.25, -0.2) is 0 Å². The van der Waals surface area contributed by atoms with Crippen molar-refractivity contribution in [2.24, 2.45) is 4.99 Å². The summed E-state index contributed by atoms with van der Waals surface area (Å²) in [5.74, 6) is -0.259. The molecule has 0 aliphatic carbocycles. The van der Waals surface area contributed by atoms with Crippen LogP contribution >= 0.6 is 0 Å². The van der Waals surface area contributed by atoms with E-state index in [1.54, 1.807) is 25.1 Å². The summed E-state index contributed by atoms with van der Waals surface area (Å²) in [5.41, 5.74) is 2.00. The van der Waals surface area contributed by atoms with Crippen LogP contribution in [0.3, 0.4) is 0 Å². The van der Waals surface area contributed by atoms with Crippen LogP contribution in [-0.2, 0) is 9.53 Å². The zero-order valence-corrected chi connectivity index (χ0v) is 11.8. The average molecular weight is 283 g/mol. The van der Waals surface area contributed by atoms with Crippen LogP contribution in [0.2, 0.25) is 0 Å². The molecule has 0 bridgehead atoms. The van der Waals surface area contributed by atoms with Crippen molar-refractivity contribution in [2.45, 2.75) is 6.92 Å². The smallest absolute Gasteiger partial charge is 0.327 e. The molecule has 2 rings (SSSR count). The molecule has 0 aliphatic heterocycles. The minimum atomic E-state index is -0.388. The van der Waals surface area contributed by atoms with Gasteiger partial charge in [-0.1, -0.05) is 42.5 Å². The van der Waals surface area contributed by atoms with Crippen molar-refractivity contribution in [3.63, 3.8) is 0 Å². The van der Waals surface area contributed by atoms with Crippen molar-refractivity contribution < 1.29 is 14.6 Å². The van der Waals surface area contributed by atoms with Gasteiger partial charge in [0.05, 0.1) is 12.3 Å². The molecule has 0 atom stereocenters. The second-order valence-electron chi connectivity index (χ2n) is 4.35. The molecule has 108 valence electrons. The monoisotopic (exact) mass is 283 g/mol. The third-order valence-electron chi connectivity index (χ3n) is 2.88. The van der Waals surface area contributed by atoms with Gasteiger partial charge in [0.15, 0.2) is 0 Å². The molecule has 4 heteroatoms. The Morgan fingerprint density at radius 1 is 1.10 bits per heavy atom. The van der Waals surface area contributed by atoms with E-state index < -0.39 is 0 Å². The van der Waals surface area contributed by atoms with Gasteiger partial charge in [-0.2, -0.15) is 0 Å². The van der Waals surface area contributed by atoms with Crippen LogP contribution in [0.5, 0.6) is 5.75 Å². The highest BCUT2D eigenvalue weighted by atomic mass is 16.5. The van der Waals surface area contributed by atoms with E-state index in [1.807, 2.05) is 36.4 Å². The predicted octanol–water partition coefficient (Wildman–Crippen LogP) is 2.79. The van der Waals surface area contributed by atoms with Crippen molar-refractivity contribution in [2.75, 3.05) is 13.2 Å². The Hall–Kier alpha value is -2.62. The molecule has 0 unspecified atom stereocenters. The number of aromatic hydroxyl groups is 1. The van der Waals surface area contributed by atoms with Gasteiger partial charge in [0.2, 0.25) is 0 Å². The van der Waals surface area contributed by atoms with Crippen molar-refractivity contribution >= 4 is 11.7 Å². The maximum atomic E-state index is 11.5. The van der Waals surface area contributed by atoms with Crippen LogP contribution in [0.4, 0.5) is 0 Å². The lowest BCUT2D eigenvalue weighted by Crippen LogP contribution is -2.12. The van der Waals surface area contributed by atoms with E-state index in [-0.39, 0.29) is 18.3 Å². The molecular weight excluding hydrogens is 266 g/mol. The van der Waals surface area contributed by atoms with Gasteiger partial charge < -0.3 is 9.84 Å². The lowest BCUT2D eigenvalue weighted by molar-refractivity contribution is -0.141. The average Bonchev–Trinajstić information content (AvgIpc) is 2.50. The van der Waals surface area contributed by atoms with E-state index in [0.29, 0.717) is 17.9 Å². The second-order valence-corrected chi connectivity index (χ2v) is 4.35. The molecule has 0 amide bonds. The van der Waals surface area contributed by atoms with Crippen LogP contribution in [0, 0.1) is 0 Å². The normalized spacial score (nSPS) is 11.2. The molecule has 0 saturated heterocycles. The second kappa shape index (κ2) is 7.24. The molecule has 1 N–H and O–H groups in total. The number of aliphatic imine (C=N–C) groups is 1. The Morgan fingerprint density at radius 3 is 2.43 bits per heavy atom. The number of hydrogen-bond acceptors (Lipinski definition) is 4. The van der Waals surface area contributed by atoms with E-state index in [2.05, 4.69) is 4.99 Å². The van der Waals surface area contributed by atoms with Gasteiger partial charge in [-0.05, 0) is 19.1 Å². The minimum Gasteiger partial charge on any atom is -0.507 e. The highest BCUT2D eigenvalue weighted by molar-refractivity contribution is 6.14. The topological polar surface area (TPSA) is 58.9 Å². The summed E-state index contributed by atoms with van der Waals surface area (Å²) < 4.78 is 4.89. The number of rotatable bonds is 5. The van der Waals surface area contributed by atoms with Crippen molar-refractivity contribution in [3.8, 4) is 5.75 Å². The molecule has 0 fully saturated rings. The van der Waals surface area contributed by atoms with E-state index in [1.165, 1.54) is 0 Å². The maximum Gasteiger partial charge on any atom is 0.327 e. The van der Waals surface area contributed by atoms with Gasteiger partial charge in [0, 0.05) is 11.1 Å². The number of esters is 1. The molecule has 0 heterocycles. The van der Waals surface area contributed by atoms with Crippen molar-refractivity contribution in [1.82, 2.24) is 0 Å². The standard InChI is InChI=1S/C17H17NO3/c1-2-21-16(20)12-18-17(13-8-4-3-5-9-13)14-10-6-7-11-15(14)19/h3-11,19H,2,12H2,1H3. The summed E-state index contributed by atoms with van der Waals surface area (Å²) in [6.07, 6.45) is 0. The molecule has 0 aliphatic rings. The minimum absolute atomic E-state index is 0.0770. The SMILES string of the molecule is CCOC(=O)CN=C(c1ccccc1)c1ccccc1O. The number of para-hydroxylation sites is 1. The quantitative estimate of drug-likeness (QED) is 0.678. The van der Waals surface area contributed by atoms with Crippen LogP contribution in [0.1, 0.15) is 18.1 Å². The number of nitrogens with zero attached hydrogens (tertiary/aromatic N) is 1. The third kappa shape index (κ3) is 3.92. The van der Waals surface area contributed by atoms with Crippen LogP contribution in [0.25, 0.3) is 0 Å². The fourth-order valence-corrected chi connectivity index (χ4v) is 1.95. The highest BCUT2D eigenvalue weighted by Gasteiger charge is 2.11. The van der Waals surface area contributed by atoms with Crippen LogP contribution in [0.15, 0.2) is 59.6 Å². The van der Waals surface area contributed by atoms with Gasteiger partial charge in [-0.3, -0.25) is 9.79 Å². The number of phenols is 1. The Balaban J connectivity index is 2.38. The van der Waals surface area contributed by atoms with E-state index >= 15 is 0 Å². The third-order valence-corrected chi connectivity index (χ3v) is 2.88. The predicted molar refractivity (Wildman–Crippen MR) is 81.7 cm³/mol. The fraction of sp³-hybridized carbons (Fsp3) is 0.176. The first-order valence-corrected chi connectivity index (χ1v) is 6.76. The number of hydrogen-bond donors (Lipinski definition) is 1. The molecule has 0 aromatic heterocycles. The number of benzene rings is 2. The lowest BCUT2D eigenvalue weighted by Gasteiger charge is -2.09. The summed E-state index contributed by atoms with van der Waals surface area (Å²) in [6.45, 7) is 2.00. The highest BCUT2D eigenvalue weighted by Crippen LogP contribution is 2.20. The number of phenolic OH excluding ortho intramolecular Hbond substituents is 1. The summed E-state index contributed by atoms with van der Waals surface area (Å²) in [7, 11) is 0. The van der Waals surface area contributed by atoms with Gasteiger partial charge in [-0.15, -0.1) is 0 Å². The Bertz CT molecular complexity index is 635. The first-order chi connectivity index (χ1) is 10.2. The Morgan fingerprint density at radius 2 is 1.76 bits per heavy atom.